The monoisotopic (exact) mass is 460 g/mol. The lowest BCUT2D eigenvalue weighted by Crippen LogP contribution is -2.37. The molecule has 1 aromatic heterocycles. The Bertz CT molecular complexity index is 1180. The van der Waals surface area contributed by atoms with Gasteiger partial charge in [0.1, 0.15) is 0 Å². The van der Waals surface area contributed by atoms with E-state index in [1.165, 1.54) is 11.3 Å². The van der Waals surface area contributed by atoms with Crippen LogP contribution in [0.4, 0.5) is 5.13 Å². The molecule has 1 N–H and O–H groups in total. The zero-order valence-electron chi connectivity index (χ0n) is 18.3. The first-order valence-corrected chi connectivity index (χ1v) is 11.8. The highest BCUT2D eigenvalue weighted by Crippen LogP contribution is 2.42. The van der Waals surface area contributed by atoms with Crippen LogP contribution in [0.1, 0.15) is 36.5 Å². The summed E-state index contributed by atoms with van der Waals surface area (Å²) in [4.78, 5) is 18.2. The van der Waals surface area contributed by atoms with Gasteiger partial charge in [-0.2, -0.15) is 0 Å². The van der Waals surface area contributed by atoms with Crippen LogP contribution >= 0.6 is 22.9 Å². The highest BCUT2D eigenvalue weighted by Gasteiger charge is 2.39. The second kappa shape index (κ2) is 9.27. The van der Waals surface area contributed by atoms with Gasteiger partial charge in [0.25, 0.3) is 0 Å². The Morgan fingerprint density at radius 3 is 2.12 bits per heavy atom. The molecule has 0 aliphatic heterocycles. The molecule has 32 heavy (non-hydrogen) atoms. The highest BCUT2D eigenvalue weighted by atomic mass is 35.5. The second-order valence-corrected chi connectivity index (χ2v) is 9.70. The van der Waals surface area contributed by atoms with E-state index in [-0.39, 0.29) is 11.8 Å². The number of nitrogens with one attached hydrogen (secondary N) is 1. The predicted octanol–water partition coefficient (Wildman–Crippen LogP) is 7.57. The Balaban J connectivity index is 1.61. The van der Waals surface area contributed by atoms with Gasteiger partial charge in [0, 0.05) is 21.9 Å². The molecule has 1 heterocycles. The number of rotatable bonds is 6. The molecule has 0 fully saturated rings. The van der Waals surface area contributed by atoms with Gasteiger partial charge in [-0.1, -0.05) is 92.2 Å². The van der Waals surface area contributed by atoms with Crippen molar-refractivity contribution in [3.8, 4) is 11.3 Å². The van der Waals surface area contributed by atoms with E-state index >= 15 is 0 Å². The SMILES string of the molecule is Cc1cc(-c2csc(NC(=O)C(C)(C)C(c3ccccc3)c3ccccc3)n2)ccc1Cl. The molecular weight excluding hydrogens is 436 g/mol. The van der Waals surface area contributed by atoms with E-state index in [1.807, 2.05) is 80.7 Å². The summed E-state index contributed by atoms with van der Waals surface area (Å²) in [6.07, 6.45) is 0. The summed E-state index contributed by atoms with van der Waals surface area (Å²) < 4.78 is 0. The number of carbonyl (C=O) groups is 1. The Kier molecular flexibility index (Phi) is 6.45. The molecule has 0 spiro atoms. The fourth-order valence-corrected chi connectivity index (χ4v) is 4.81. The fourth-order valence-electron chi connectivity index (χ4n) is 3.97. The van der Waals surface area contributed by atoms with Gasteiger partial charge in [0.2, 0.25) is 5.91 Å². The number of hydrogen-bond donors (Lipinski definition) is 1. The quantitative estimate of drug-likeness (QED) is 0.322. The molecule has 0 saturated heterocycles. The fraction of sp³-hybridized carbons (Fsp3) is 0.185. The molecule has 0 radical (unpaired) electrons. The number of benzene rings is 3. The van der Waals surface area contributed by atoms with Crippen molar-refractivity contribution in [2.24, 2.45) is 5.41 Å². The van der Waals surface area contributed by atoms with Gasteiger partial charge >= 0.3 is 0 Å². The third-order valence-electron chi connectivity index (χ3n) is 5.75. The number of aryl methyl sites for hydroxylation is 1. The lowest BCUT2D eigenvalue weighted by atomic mass is 9.70. The van der Waals surface area contributed by atoms with Crippen molar-refractivity contribution >= 4 is 34.0 Å². The summed E-state index contributed by atoms with van der Waals surface area (Å²) in [5.41, 5.74) is 4.31. The van der Waals surface area contributed by atoms with E-state index in [9.17, 15) is 4.79 Å². The van der Waals surface area contributed by atoms with Crippen LogP contribution in [0.2, 0.25) is 5.02 Å². The first kappa shape index (κ1) is 22.3. The largest absolute Gasteiger partial charge is 0.301 e. The molecular formula is C27H25ClN2OS. The van der Waals surface area contributed by atoms with Crippen LogP contribution in [-0.2, 0) is 4.79 Å². The van der Waals surface area contributed by atoms with Crippen LogP contribution in [0.15, 0.2) is 84.2 Å². The maximum absolute atomic E-state index is 13.5. The van der Waals surface area contributed by atoms with Crippen molar-refractivity contribution in [3.63, 3.8) is 0 Å². The summed E-state index contributed by atoms with van der Waals surface area (Å²) in [5, 5.41) is 6.33. The average Bonchev–Trinajstić information content (AvgIpc) is 3.25. The van der Waals surface area contributed by atoms with Gasteiger partial charge in [-0.15, -0.1) is 11.3 Å². The number of nitrogens with zero attached hydrogens (tertiary/aromatic N) is 1. The van der Waals surface area contributed by atoms with E-state index in [4.69, 9.17) is 11.6 Å². The summed E-state index contributed by atoms with van der Waals surface area (Å²) >= 11 is 7.57. The topological polar surface area (TPSA) is 42.0 Å². The van der Waals surface area contributed by atoms with Crippen molar-refractivity contribution in [2.75, 3.05) is 5.32 Å². The molecule has 0 unspecified atom stereocenters. The lowest BCUT2D eigenvalue weighted by molar-refractivity contribution is -0.124. The van der Waals surface area contributed by atoms with Crippen LogP contribution in [0.5, 0.6) is 0 Å². The summed E-state index contributed by atoms with van der Waals surface area (Å²) in [7, 11) is 0. The van der Waals surface area contributed by atoms with E-state index in [0.717, 1.165) is 33.0 Å². The van der Waals surface area contributed by atoms with Crippen LogP contribution < -0.4 is 5.32 Å². The summed E-state index contributed by atoms with van der Waals surface area (Å²) in [5.74, 6) is -0.161. The zero-order chi connectivity index (χ0) is 22.7. The Labute approximate surface area is 198 Å². The molecule has 1 amide bonds. The van der Waals surface area contributed by atoms with Crippen LogP contribution in [0.25, 0.3) is 11.3 Å². The van der Waals surface area contributed by atoms with E-state index in [2.05, 4.69) is 34.6 Å². The molecule has 0 aliphatic carbocycles. The van der Waals surface area contributed by atoms with Crippen LogP contribution in [0, 0.1) is 12.3 Å². The number of thiazole rings is 1. The first-order valence-electron chi connectivity index (χ1n) is 10.5. The minimum atomic E-state index is -0.703. The second-order valence-electron chi connectivity index (χ2n) is 8.43. The molecule has 0 atom stereocenters. The van der Waals surface area contributed by atoms with Crippen molar-refractivity contribution < 1.29 is 4.79 Å². The van der Waals surface area contributed by atoms with Crippen molar-refractivity contribution in [1.82, 2.24) is 4.98 Å². The van der Waals surface area contributed by atoms with E-state index in [1.54, 1.807) is 0 Å². The molecule has 5 heteroatoms. The van der Waals surface area contributed by atoms with Gasteiger partial charge in [0.15, 0.2) is 5.13 Å². The van der Waals surface area contributed by atoms with E-state index in [0.29, 0.717) is 5.13 Å². The summed E-state index contributed by atoms with van der Waals surface area (Å²) in [6.45, 7) is 5.95. The first-order chi connectivity index (χ1) is 15.4. The zero-order valence-corrected chi connectivity index (χ0v) is 19.9. The highest BCUT2D eigenvalue weighted by molar-refractivity contribution is 7.14. The molecule has 0 bridgehead atoms. The minimum Gasteiger partial charge on any atom is -0.301 e. The maximum Gasteiger partial charge on any atom is 0.232 e. The normalized spacial score (nSPS) is 11.5. The Morgan fingerprint density at radius 1 is 0.969 bits per heavy atom. The van der Waals surface area contributed by atoms with Gasteiger partial charge in [-0.3, -0.25) is 4.79 Å². The number of aromatic nitrogens is 1. The van der Waals surface area contributed by atoms with Crippen molar-refractivity contribution in [1.29, 1.82) is 0 Å². The molecule has 4 aromatic rings. The van der Waals surface area contributed by atoms with Crippen molar-refractivity contribution in [3.05, 3.63) is 106 Å². The molecule has 3 nitrogen and oxygen atoms in total. The molecule has 4 rings (SSSR count). The summed E-state index contributed by atoms with van der Waals surface area (Å²) in [6, 6.07) is 26.2. The van der Waals surface area contributed by atoms with Crippen LogP contribution in [0.3, 0.4) is 0 Å². The maximum atomic E-state index is 13.5. The minimum absolute atomic E-state index is 0.0663. The number of carbonyl (C=O) groups excluding carboxylic acids is 1. The van der Waals surface area contributed by atoms with Gasteiger partial charge in [-0.05, 0) is 35.7 Å². The van der Waals surface area contributed by atoms with Crippen molar-refractivity contribution in [2.45, 2.75) is 26.7 Å². The third kappa shape index (κ3) is 4.62. The van der Waals surface area contributed by atoms with Crippen LogP contribution in [-0.4, -0.2) is 10.9 Å². The number of hydrogen-bond acceptors (Lipinski definition) is 3. The molecule has 0 aliphatic rings. The standard InChI is InChI=1S/C27H25ClN2OS/c1-18-16-21(14-15-22(18)28)23-17-32-26(29-23)30-25(31)27(2,3)24(19-10-6-4-7-11-19)20-12-8-5-9-13-20/h4-17,24H,1-3H3,(H,29,30,31). The molecule has 0 saturated carbocycles. The molecule has 162 valence electrons. The lowest BCUT2D eigenvalue weighted by Gasteiger charge is -2.33. The van der Waals surface area contributed by atoms with Gasteiger partial charge < -0.3 is 5.32 Å². The third-order valence-corrected chi connectivity index (χ3v) is 6.93. The van der Waals surface area contributed by atoms with E-state index < -0.39 is 5.41 Å². The smallest absolute Gasteiger partial charge is 0.232 e. The average molecular weight is 461 g/mol. The number of halogens is 1. The Hall–Kier alpha value is -2.95. The number of amides is 1. The predicted molar refractivity (Wildman–Crippen MR) is 134 cm³/mol. The van der Waals surface area contributed by atoms with Gasteiger partial charge in [0.05, 0.1) is 11.1 Å². The number of anilines is 1. The molecule has 3 aromatic carbocycles. The Morgan fingerprint density at radius 2 is 1.56 bits per heavy atom. The van der Waals surface area contributed by atoms with Gasteiger partial charge in [-0.25, -0.2) is 4.98 Å².